The number of Topliss-reactive ketones (excluding diaryl/α,β-unsaturated/α-hetero) is 2. The number of halogens is 4. The fourth-order valence-electron chi connectivity index (χ4n) is 2.62. The van der Waals surface area contributed by atoms with Gasteiger partial charge in [-0.25, -0.2) is 4.39 Å². The largest absolute Gasteiger partial charge is 0.389 e. The molecule has 0 aliphatic heterocycles. The van der Waals surface area contributed by atoms with E-state index in [4.69, 9.17) is 0 Å². The predicted octanol–water partition coefficient (Wildman–Crippen LogP) is 4.17. The molecule has 0 spiro atoms. The summed E-state index contributed by atoms with van der Waals surface area (Å²) in [5.41, 5.74) is -2.01. The molecule has 1 fully saturated rings. The molecule has 116 valence electrons. The van der Waals surface area contributed by atoms with Crippen molar-refractivity contribution in [1.29, 1.82) is 0 Å². The maximum Gasteiger partial charge on any atom is 0.389 e. The number of hydrogen-bond acceptors (Lipinski definition) is 2. The van der Waals surface area contributed by atoms with Gasteiger partial charge in [0, 0.05) is 5.92 Å². The van der Waals surface area contributed by atoms with E-state index in [-0.39, 0.29) is 19.3 Å². The molecule has 0 aromatic heterocycles. The van der Waals surface area contributed by atoms with E-state index in [1.165, 1.54) is 6.92 Å². The molecule has 0 N–H and O–H groups in total. The monoisotopic (exact) mass is 296 g/mol. The second kappa shape index (κ2) is 6.68. The lowest BCUT2D eigenvalue weighted by atomic mass is 9.80. The van der Waals surface area contributed by atoms with Crippen molar-refractivity contribution in [2.45, 2.75) is 70.1 Å². The van der Waals surface area contributed by atoms with Gasteiger partial charge in [-0.15, -0.1) is 0 Å². The summed E-state index contributed by atoms with van der Waals surface area (Å²) in [5, 5.41) is 0. The van der Waals surface area contributed by atoms with Crippen molar-refractivity contribution in [2.75, 3.05) is 0 Å². The highest BCUT2D eigenvalue weighted by atomic mass is 19.4. The van der Waals surface area contributed by atoms with Crippen molar-refractivity contribution in [2.24, 2.45) is 5.92 Å². The molecule has 0 heterocycles. The number of ketones is 2. The fraction of sp³-hybridized carbons (Fsp3) is 0.857. The van der Waals surface area contributed by atoms with Crippen LogP contribution < -0.4 is 0 Å². The molecule has 1 saturated carbocycles. The first-order valence-corrected chi connectivity index (χ1v) is 6.99. The molecule has 0 aromatic carbocycles. The molecular formula is C14H20F4O2. The van der Waals surface area contributed by atoms with E-state index in [1.807, 2.05) is 0 Å². The Kier molecular flexibility index (Phi) is 5.71. The zero-order chi connectivity index (χ0) is 15.4. The first-order valence-electron chi connectivity index (χ1n) is 6.99. The van der Waals surface area contributed by atoms with E-state index >= 15 is 0 Å². The van der Waals surface area contributed by atoms with Crippen LogP contribution in [0.4, 0.5) is 17.6 Å². The van der Waals surface area contributed by atoms with Crippen molar-refractivity contribution >= 4 is 11.6 Å². The molecule has 0 aromatic rings. The van der Waals surface area contributed by atoms with Crippen LogP contribution in [0.15, 0.2) is 0 Å². The summed E-state index contributed by atoms with van der Waals surface area (Å²) in [6.07, 6.45) is -4.24. The molecular weight excluding hydrogens is 276 g/mol. The maximum atomic E-state index is 14.3. The third-order valence-electron chi connectivity index (χ3n) is 3.91. The summed E-state index contributed by atoms with van der Waals surface area (Å²) >= 11 is 0. The Morgan fingerprint density at radius 3 is 2.15 bits per heavy atom. The number of carbonyl (C=O) groups excluding carboxylic acids is 2. The fourth-order valence-corrected chi connectivity index (χ4v) is 2.62. The van der Waals surface area contributed by atoms with E-state index in [9.17, 15) is 27.2 Å². The molecule has 1 aliphatic rings. The van der Waals surface area contributed by atoms with Crippen LogP contribution in [-0.2, 0) is 9.59 Å². The van der Waals surface area contributed by atoms with Crippen LogP contribution in [0.2, 0.25) is 0 Å². The molecule has 0 bridgehead atoms. The lowest BCUT2D eigenvalue weighted by molar-refractivity contribution is -0.155. The second-order valence-corrected chi connectivity index (χ2v) is 5.52. The number of alkyl halides is 4. The minimum absolute atomic E-state index is 0.00487. The van der Waals surface area contributed by atoms with E-state index in [1.54, 1.807) is 0 Å². The lowest BCUT2D eigenvalue weighted by Crippen LogP contribution is -2.38. The lowest BCUT2D eigenvalue weighted by Gasteiger charge is -2.28. The highest BCUT2D eigenvalue weighted by molar-refractivity contribution is 6.03. The molecule has 1 rings (SSSR count). The summed E-state index contributed by atoms with van der Waals surface area (Å²) in [7, 11) is 0. The molecule has 1 unspecified atom stereocenters. The SMILES string of the molecule is CCC(CC(F)(F)F)C(=O)CC(=O)C1(F)CCCCC1. The molecule has 0 amide bonds. The average Bonchev–Trinajstić information content (AvgIpc) is 2.35. The Bertz CT molecular complexity index is 357. The van der Waals surface area contributed by atoms with Gasteiger partial charge < -0.3 is 0 Å². The van der Waals surface area contributed by atoms with Crippen molar-refractivity contribution in [3.05, 3.63) is 0 Å². The molecule has 1 atom stereocenters. The first kappa shape index (κ1) is 17.1. The number of hydrogen-bond donors (Lipinski definition) is 0. The molecule has 20 heavy (non-hydrogen) atoms. The van der Waals surface area contributed by atoms with Gasteiger partial charge in [-0.3, -0.25) is 9.59 Å². The van der Waals surface area contributed by atoms with E-state index < -0.39 is 42.2 Å². The summed E-state index contributed by atoms with van der Waals surface area (Å²) in [4.78, 5) is 23.6. The Hall–Kier alpha value is -0.940. The summed E-state index contributed by atoms with van der Waals surface area (Å²) in [6.45, 7) is 1.46. The van der Waals surface area contributed by atoms with Crippen LogP contribution >= 0.6 is 0 Å². The van der Waals surface area contributed by atoms with Crippen molar-refractivity contribution in [3.8, 4) is 0 Å². The maximum absolute atomic E-state index is 14.3. The summed E-state index contributed by atoms with van der Waals surface area (Å²) < 4.78 is 51.2. The Balaban J connectivity index is 2.61. The standard InChI is InChI=1S/C14H20F4O2/c1-2-10(9-14(16,17)18)11(19)8-12(20)13(15)6-4-3-5-7-13/h10H,2-9H2,1H3. The van der Waals surface area contributed by atoms with Crippen LogP contribution in [0.5, 0.6) is 0 Å². The smallest absolute Gasteiger partial charge is 0.299 e. The van der Waals surface area contributed by atoms with Crippen LogP contribution in [0, 0.1) is 5.92 Å². The zero-order valence-electron chi connectivity index (χ0n) is 11.6. The van der Waals surface area contributed by atoms with E-state index in [0.717, 1.165) is 6.42 Å². The first-order chi connectivity index (χ1) is 9.18. The van der Waals surface area contributed by atoms with Crippen LogP contribution in [0.3, 0.4) is 0 Å². The third-order valence-corrected chi connectivity index (χ3v) is 3.91. The second-order valence-electron chi connectivity index (χ2n) is 5.52. The van der Waals surface area contributed by atoms with Crippen molar-refractivity contribution in [3.63, 3.8) is 0 Å². The third kappa shape index (κ3) is 4.87. The van der Waals surface area contributed by atoms with Gasteiger partial charge in [0.15, 0.2) is 11.5 Å². The van der Waals surface area contributed by atoms with Gasteiger partial charge >= 0.3 is 6.18 Å². The number of carbonyl (C=O) groups is 2. The Morgan fingerprint density at radius 1 is 1.15 bits per heavy atom. The average molecular weight is 296 g/mol. The van der Waals surface area contributed by atoms with Gasteiger partial charge in [0.05, 0.1) is 12.8 Å². The minimum Gasteiger partial charge on any atom is -0.299 e. The van der Waals surface area contributed by atoms with Gasteiger partial charge in [-0.2, -0.15) is 13.2 Å². The van der Waals surface area contributed by atoms with Crippen molar-refractivity contribution < 1.29 is 27.2 Å². The van der Waals surface area contributed by atoms with Gasteiger partial charge in [0.2, 0.25) is 0 Å². The van der Waals surface area contributed by atoms with Crippen LogP contribution in [0.25, 0.3) is 0 Å². The summed E-state index contributed by atoms with van der Waals surface area (Å²) in [5.74, 6) is -2.88. The van der Waals surface area contributed by atoms with Crippen molar-refractivity contribution in [1.82, 2.24) is 0 Å². The highest BCUT2D eigenvalue weighted by Gasteiger charge is 2.41. The van der Waals surface area contributed by atoms with Gasteiger partial charge in [0.25, 0.3) is 0 Å². The Morgan fingerprint density at radius 2 is 1.70 bits per heavy atom. The van der Waals surface area contributed by atoms with Gasteiger partial charge in [-0.1, -0.05) is 13.3 Å². The van der Waals surface area contributed by atoms with Gasteiger partial charge in [-0.05, 0) is 32.1 Å². The van der Waals surface area contributed by atoms with Gasteiger partial charge in [0.1, 0.15) is 5.78 Å². The summed E-state index contributed by atoms with van der Waals surface area (Å²) in [6, 6.07) is 0. The Labute approximate surface area is 115 Å². The quantitative estimate of drug-likeness (QED) is 0.544. The highest BCUT2D eigenvalue weighted by Crippen LogP contribution is 2.34. The molecule has 2 nitrogen and oxygen atoms in total. The molecule has 0 radical (unpaired) electrons. The normalized spacial score (nSPS) is 20.4. The topological polar surface area (TPSA) is 34.1 Å². The zero-order valence-corrected chi connectivity index (χ0v) is 11.6. The van der Waals surface area contributed by atoms with E-state index in [2.05, 4.69) is 0 Å². The molecule has 6 heteroatoms. The number of rotatable bonds is 6. The van der Waals surface area contributed by atoms with Crippen LogP contribution in [-0.4, -0.2) is 23.4 Å². The van der Waals surface area contributed by atoms with Crippen LogP contribution in [0.1, 0.15) is 58.3 Å². The van der Waals surface area contributed by atoms with E-state index in [0.29, 0.717) is 12.8 Å². The molecule has 1 aliphatic carbocycles. The minimum atomic E-state index is -4.45. The predicted molar refractivity (Wildman–Crippen MR) is 66.0 cm³/mol. The molecule has 0 saturated heterocycles.